The summed E-state index contributed by atoms with van der Waals surface area (Å²) in [5.74, 6) is -8.14. The van der Waals surface area contributed by atoms with Crippen molar-refractivity contribution in [3.63, 3.8) is 0 Å². The Morgan fingerprint density at radius 2 is 1.72 bits per heavy atom. The highest BCUT2D eigenvalue weighted by Gasteiger charge is 2.70. The van der Waals surface area contributed by atoms with E-state index in [4.69, 9.17) is 32.7 Å². The summed E-state index contributed by atoms with van der Waals surface area (Å²) in [5.41, 5.74) is 1.14. The van der Waals surface area contributed by atoms with Gasteiger partial charge in [-0.25, -0.2) is 9.78 Å². The van der Waals surface area contributed by atoms with Crippen LogP contribution in [0, 0.1) is 23.7 Å². The first kappa shape index (κ1) is 36.4. The molecule has 0 spiro atoms. The average Bonchev–Trinajstić information content (AvgIpc) is 3.52. The van der Waals surface area contributed by atoms with E-state index in [0.29, 0.717) is 49.6 Å². The number of amides is 5. The van der Waals surface area contributed by atoms with E-state index in [1.54, 1.807) is 54.6 Å². The number of pyridine rings is 1. The number of hydrogen-bond acceptors (Lipinski definition) is 10. The van der Waals surface area contributed by atoms with Crippen LogP contribution in [0.2, 0.25) is 10.0 Å². The highest BCUT2D eigenvalue weighted by Crippen LogP contribution is 2.64. The van der Waals surface area contributed by atoms with Crippen LogP contribution >= 0.6 is 23.2 Å². The number of benzene rings is 2. The number of anilines is 1. The van der Waals surface area contributed by atoms with Gasteiger partial charge in [0.05, 0.1) is 47.5 Å². The molecule has 2 aliphatic carbocycles. The lowest BCUT2D eigenvalue weighted by Gasteiger charge is -2.50. The Morgan fingerprint density at radius 3 is 2.34 bits per heavy atom. The predicted molar refractivity (Wildman–Crippen MR) is 180 cm³/mol. The molecule has 0 unspecified atom stereocenters. The zero-order chi connectivity index (χ0) is 38.0. The molecule has 3 aromatic rings. The van der Waals surface area contributed by atoms with E-state index in [-0.39, 0.29) is 26.1 Å². The number of methoxy groups -OCH3 is 1. The molecule has 7 rings (SSSR count). The van der Waals surface area contributed by atoms with Gasteiger partial charge < -0.3 is 14.6 Å². The fourth-order valence-electron chi connectivity index (χ4n) is 8.35. The van der Waals surface area contributed by atoms with Crippen molar-refractivity contribution in [2.45, 2.75) is 30.4 Å². The first-order valence-corrected chi connectivity index (χ1v) is 17.1. The van der Waals surface area contributed by atoms with E-state index in [2.05, 4.69) is 10.4 Å². The van der Waals surface area contributed by atoms with Gasteiger partial charge in [-0.15, -0.1) is 0 Å². The second-order valence-corrected chi connectivity index (χ2v) is 13.9. The van der Waals surface area contributed by atoms with Gasteiger partial charge in [-0.1, -0.05) is 59.1 Å². The number of aliphatic hydroxyl groups excluding tert-OH is 1. The zero-order valence-corrected chi connectivity index (χ0v) is 29.1. The van der Waals surface area contributed by atoms with Gasteiger partial charge in [0.2, 0.25) is 11.8 Å². The van der Waals surface area contributed by atoms with Crippen molar-refractivity contribution in [1.29, 1.82) is 0 Å². The second kappa shape index (κ2) is 13.5. The molecule has 276 valence electrons. The van der Waals surface area contributed by atoms with Crippen molar-refractivity contribution >= 4 is 58.7 Å². The molecule has 1 saturated carbocycles. The number of imide groups is 4. The van der Waals surface area contributed by atoms with Gasteiger partial charge in [-0.3, -0.25) is 24.6 Å². The molecule has 6 atom stereocenters. The zero-order valence-electron chi connectivity index (χ0n) is 27.6. The minimum absolute atomic E-state index is 0.0108. The first-order valence-electron chi connectivity index (χ1n) is 16.4. The van der Waals surface area contributed by atoms with E-state index in [1.165, 1.54) is 0 Å². The Kier molecular flexibility index (Phi) is 9.23. The number of halogens is 5. The number of hydrazine groups is 1. The fourth-order valence-corrected chi connectivity index (χ4v) is 8.68. The molecule has 1 aromatic heterocycles. The first-order chi connectivity index (χ1) is 25.2. The molecule has 2 aromatic carbocycles. The number of carbonyl (C=O) groups is 5. The molecular formula is C36H29Cl2F3N4O8. The number of likely N-dealkylation sites (tertiary alicyclic amines) is 1. The monoisotopic (exact) mass is 772 g/mol. The van der Waals surface area contributed by atoms with Crippen molar-refractivity contribution in [2.24, 2.45) is 23.7 Å². The van der Waals surface area contributed by atoms with E-state index in [9.17, 15) is 37.5 Å². The number of hydrogen-bond donors (Lipinski definition) is 2. The highest BCUT2D eigenvalue weighted by atomic mass is 35.5. The largest absolute Gasteiger partial charge is 0.491 e. The van der Waals surface area contributed by atoms with E-state index in [0.717, 1.165) is 7.11 Å². The molecule has 4 aliphatic rings. The summed E-state index contributed by atoms with van der Waals surface area (Å²) in [4.78, 5) is 74.1. The quantitative estimate of drug-likeness (QED) is 0.231. The molecule has 2 saturated heterocycles. The van der Waals surface area contributed by atoms with Crippen LogP contribution in [0.4, 0.5) is 23.8 Å². The number of alkyl halides is 3. The molecule has 17 heteroatoms. The minimum atomic E-state index is -4.77. The number of carbonyl (C=O) groups excluding carboxylic acids is 5. The van der Waals surface area contributed by atoms with Gasteiger partial charge in [0.25, 0.3) is 11.8 Å². The van der Waals surface area contributed by atoms with Gasteiger partial charge in [-0.2, -0.15) is 23.1 Å². The van der Waals surface area contributed by atoms with Crippen molar-refractivity contribution in [2.75, 3.05) is 25.7 Å². The van der Waals surface area contributed by atoms with Crippen LogP contribution in [-0.2, 0) is 35.5 Å². The standard InChI is InChI=1S/C36H29Cl2F3N4O8/c1-52-34(51)44-30(47)23-11-10-22-24(27(23)32(44)49)15-25-31(48)45(43-29-26(38)14-19(16-42-29)36(39,40)41)33(50)35(25,18-4-6-20(37)7-5-18)28(22)17-2-8-21(9-3-17)53-13-12-46/h2-10,14,16,23-25,27-28,46H,11-13,15H2,1H3,(H,42,43)/t23-,24+,25-,27-,28-,35+/m0/s1. The van der Waals surface area contributed by atoms with Gasteiger partial charge in [0.15, 0.2) is 5.82 Å². The minimum Gasteiger partial charge on any atom is -0.491 e. The predicted octanol–water partition coefficient (Wildman–Crippen LogP) is 5.53. The maximum absolute atomic E-state index is 15.2. The summed E-state index contributed by atoms with van der Waals surface area (Å²) in [5, 5.41) is 9.77. The normalized spacial score (nSPS) is 26.5. The molecule has 0 bridgehead atoms. The van der Waals surface area contributed by atoms with E-state index < -0.39 is 87.3 Å². The third kappa shape index (κ3) is 5.72. The summed E-state index contributed by atoms with van der Waals surface area (Å²) >= 11 is 12.5. The number of aliphatic hydroxyl groups is 1. The molecule has 0 radical (unpaired) electrons. The number of ether oxygens (including phenoxy) is 2. The second-order valence-electron chi connectivity index (χ2n) is 13.0. The SMILES string of the molecule is COC(=O)N1C(=O)[C@H]2[C@H](CC=C3[C@H]2C[C@H]2C(=O)N(Nc4ncc(C(F)(F)F)cc4Cl)C(=O)[C@@]2(c2ccc(Cl)cc2)[C@H]3c2ccc(OCCO)cc2)C1=O. The van der Waals surface area contributed by atoms with Crippen molar-refractivity contribution in [1.82, 2.24) is 14.9 Å². The third-order valence-electron chi connectivity index (χ3n) is 10.5. The third-order valence-corrected chi connectivity index (χ3v) is 11.0. The van der Waals surface area contributed by atoms with Gasteiger partial charge in [0.1, 0.15) is 12.4 Å². The lowest BCUT2D eigenvalue weighted by molar-refractivity contribution is -0.140. The Morgan fingerprint density at radius 1 is 1.02 bits per heavy atom. The molecule has 3 heterocycles. The maximum atomic E-state index is 15.2. The highest BCUT2D eigenvalue weighted by molar-refractivity contribution is 6.33. The molecule has 3 fully saturated rings. The Hall–Kier alpha value is -4.99. The summed E-state index contributed by atoms with van der Waals surface area (Å²) in [6, 6.07) is 13.6. The molecule has 53 heavy (non-hydrogen) atoms. The lowest BCUT2D eigenvalue weighted by Crippen LogP contribution is -2.53. The number of allylic oxidation sites excluding steroid dienone is 2. The van der Waals surface area contributed by atoms with Crippen LogP contribution in [0.15, 0.2) is 72.4 Å². The van der Waals surface area contributed by atoms with Gasteiger partial charge >= 0.3 is 12.3 Å². The lowest BCUT2D eigenvalue weighted by atomic mass is 9.49. The van der Waals surface area contributed by atoms with Crippen LogP contribution in [0.5, 0.6) is 5.75 Å². The van der Waals surface area contributed by atoms with E-state index in [1.807, 2.05) is 0 Å². The molecule has 12 nitrogen and oxygen atoms in total. The summed E-state index contributed by atoms with van der Waals surface area (Å²) in [7, 11) is 1.04. The van der Waals surface area contributed by atoms with Gasteiger partial charge in [0, 0.05) is 17.1 Å². The molecular weight excluding hydrogens is 744 g/mol. The molecule has 2 N–H and O–H groups in total. The molecule has 5 amide bonds. The Labute approximate surface area is 309 Å². The summed E-state index contributed by atoms with van der Waals surface area (Å²) in [6.45, 7) is -0.230. The van der Waals surface area contributed by atoms with Crippen LogP contribution in [0.1, 0.15) is 35.4 Å². The summed E-state index contributed by atoms with van der Waals surface area (Å²) in [6.07, 6.45) is -3.71. The maximum Gasteiger partial charge on any atom is 0.423 e. The van der Waals surface area contributed by atoms with Crippen LogP contribution in [-0.4, -0.2) is 70.0 Å². The number of fused-ring (bicyclic) bond motifs is 4. The molecule has 2 aliphatic heterocycles. The van der Waals surface area contributed by atoms with E-state index >= 15 is 4.79 Å². The number of nitrogens with one attached hydrogen (secondary N) is 1. The summed E-state index contributed by atoms with van der Waals surface area (Å²) < 4.78 is 50.6. The van der Waals surface area contributed by atoms with Crippen LogP contribution < -0.4 is 10.2 Å². The van der Waals surface area contributed by atoms with Crippen molar-refractivity contribution in [3.8, 4) is 5.75 Å². The fraction of sp³-hybridized carbons (Fsp3) is 0.333. The van der Waals surface area contributed by atoms with Gasteiger partial charge in [-0.05, 0) is 60.2 Å². The average molecular weight is 774 g/mol. The number of aromatic nitrogens is 1. The van der Waals surface area contributed by atoms with Crippen molar-refractivity contribution < 1.29 is 51.7 Å². The smallest absolute Gasteiger partial charge is 0.423 e. The Balaban J connectivity index is 1.41. The number of nitrogens with zero attached hydrogens (tertiary/aromatic N) is 3. The van der Waals surface area contributed by atoms with Crippen LogP contribution in [0.3, 0.4) is 0 Å². The van der Waals surface area contributed by atoms with Crippen LogP contribution in [0.25, 0.3) is 0 Å². The Bertz CT molecular complexity index is 2060. The number of rotatable bonds is 7. The van der Waals surface area contributed by atoms with Crippen molar-refractivity contribution in [3.05, 3.63) is 99.2 Å². The topological polar surface area (TPSA) is 155 Å².